The van der Waals surface area contributed by atoms with Crippen LogP contribution in [0.25, 0.3) is 0 Å². The average molecular weight is 596 g/mol. The van der Waals surface area contributed by atoms with Gasteiger partial charge in [0, 0.05) is 5.92 Å². The van der Waals surface area contributed by atoms with Gasteiger partial charge < -0.3 is 5.73 Å². The van der Waals surface area contributed by atoms with E-state index in [1.807, 2.05) is 0 Å². The number of allylic oxidation sites excluding steroid dienone is 11. The minimum atomic E-state index is 0.613. The van der Waals surface area contributed by atoms with Crippen molar-refractivity contribution < 1.29 is 0 Å². The van der Waals surface area contributed by atoms with Gasteiger partial charge in [0.25, 0.3) is 0 Å². The van der Waals surface area contributed by atoms with Crippen molar-refractivity contribution in [3.05, 3.63) is 72.4 Å². The van der Waals surface area contributed by atoms with E-state index in [0.29, 0.717) is 11.8 Å². The van der Waals surface area contributed by atoms with Crippen molar-refractivity contribution in [3.63, 3.8) is 0 Å². The van der Waals surface area contributed by atoms with Crippen molar-refractivity contribution in [3.8, 4) is 0 Å². The van der Waals surface area contributed by atoms with Gasteiger partial charge in [-0.15, -0.1) is 0 Å². The van der Waals surface area contributed by atoms with E-state index in [1.54, 1.807) is 11.1 Å². The lowest BCUT2D eigenvalue weighted by Gasteiger charge is -2.51. The fraction of sp³-hybridized carbons (Fsp3) is 0.721. The minimum absolute atomic E-state index is 0.613. The molecule has 0 heterocycles. The second-order valence-electron chi connectivity index (χ2n) is 15.9. The Bertz CT molecular complexity index is 1080. The Balaban J connectivity index is 1.08. The molecule has 2 N–H and O–H groups in total. The Morgan fingerprint density at radius 2 is 1.61 bits per heavy atom. The van der Waals surface area contributed by atoms with E-state index in [1.165, 1.54) is 116 Å². The normalized spacial score (nSPS) is 39.5. The van der Waals surface area contributed by atoms with E-state index in [9.17, 15) is 0 Å². The Kier molecular flexibility index (Phi) is 11.6. The molecule has 6 aliphatic rings. The van der Waals surface area contributed by atoms with Crippen molar-refractivity contribution >= 4 is 0 Å². The lowest BCUT2D eigenvalue weighted by molar-refractivity contribution is 0.0299. The van der Waals surface area contributed by atoms with Gasteiger partial charge in [-0.2, -0.15) is 0 Å². The Labute approximate surface area is 271 Å². The summed E-state index contributed by atoms with van der Waals surface area (Å²) >= 11 is 0. The number of rotatable bonds is 11. The van der Waals surface area contributed by atoms with Crippen molar-refractivity contribution in [2.24, 2.45) is 70.8 Å². The van der Waals surface area contributed by atoms with E-state index < -0.39 is 0 Å². The lowest BCUT2D eigenvalue weighted by atomic mass is 9.54. The number of hydrogen-bond donors (Lipinski definition) is 1. The number of unbranched alkanes of at least 4 members (excludes halogenated alkanes) is 1. The van der Waals surface area contributed by atoms with Crippen LogP contribution in [0.1, 0.15) is 122 Å². The van der Waals surface area contributed by atoms with Gasteiger partial charge in [-0.05, 0) is 162 Å². The van der Waals surface area contributed by atoms with Crippen molar-refractivity contribution in [2.75, 3.05) is 6.54 Å². The highest BCUT2D eigenvalue weighted by Crippen LogP contribution is 2.55. The summed E-state index contributed by atoms with van der Waals surface area (Å²) in [5, 5.41) is 0. The molecule has 0 amide bonds. The van der Waals surface area contributed by atoms with E-state index in [-0.39, 0.29) is 0 Å². The smallest absolute Gasteiger partial charge is 0.000784 e. The van der Waals surface area contributed by atoms with Crippen LogP contribution < -0.4 is 5.73 Å². The summed E-state index contributed by atoms with van der Waals surface area (Å²) in [5.41, 5.74) is 9.23. The molecule has 2 fully saturated rings. The lowest BCUT2D eigenvalue weighted by Crippen LogP contribution is -2.43. The van der Waals surface area contributed by atoms with Crippen LogP contribution in [0.4, 0.5) is 0 Å². The molecular formula is C43H65N. The molecule has 9 atom stereocenters. The van der Waals surface area contributed by atoms with Gasteiger partial charge in [0.15, 0.2) is 0 Å². The second-order valence-corrected chi connectivity index (χ2v) is 15.9. The molecule has 6 rings (SSSR count). The van der Waals surface area contributed by atoms with Gasteiger partial charge in [-0.3, -0.25) is 0 Å². The first kappa shape index (κ1) is 32.3. The zero-order chi connectivity index (χ0) is 30.3. The summed E-state index contributed by atoms with van der Waals surface area (Å²) in [5.74, 6) is 8.92. The van der Waals surface area contributed by atoms with E-state index >= 15 is 0 Å². The maximum Gasteiger partial charge on any atom is 0.000784 e. The number of nitrogens with two attached hydrogens (primary N) is 1. The molecule has 0 spiro atoms. The molecule has 6 aliphatic carbocycles. The highest BCUT2D eigenvalue weighted by atomic mass is 14.5. The standard InChI is InChI=1S/C43H65N/c1-3-32(15-13-14-30-44)37-19-8-7-18-36(37)31(2)33-24-26-35(27-25-33)39-28-29-43(42-23-12-11-22-41(39)42)40-21-10-9-20-38(40)34-16-5-4-6-17-34/h5,7,9-10,12,16,18,20,23,32-37,39-43H,2-4,6,8,11,13-15,17,19,21-22,24-30,44H2,1H3. The summed E-state index contributed by atoms with van der Waals surface area (Å²) in [4.78, 5) is 0. The van der Waals surface area contributed by atoms with Crippen LogP contribution in [0.3, 0.4) is 0 Å². The molecule has 1 nitrogen and oxygen atoms in total. The number of hydrogen-bond acceptors (Lipinski definition) is 1. The third-order valence-electron chi connectivity index (χ3n) is 13.8. The number of fused-ring (bicyclic) bond motifs is 1. The predicted molar refractivity (Wildman–Crippen MR) is 190 cm³/mol. The summed E-state index contributed by atoms with van der Waals surface area (Å²) in [7, 11) is 0. The fourth-order valence-electron chi connectivity index (χ4n) is 11.5. The molecule has 0 aromatic rings. The van der Waals surface area contributed by atoms with Gasteiger partial charge in [-0.25, -0.2) is 0 Å². The van der Waals surface area contributed by atoms with Crippen LogP contribution in [0.5, 0.6) is 0 Å². The summed E-state index contributed by atoms with van der Waals surface area (Å²) in [6.45, 7) is 8.15. The molecule has 0 aliphatic heterocycles. The monoisotopic (exact) mass is 596 g/mol. The molecule has 44 heavy (non-hydrogen) atoms. The first-order valence-electron chi connectivity index (χ1n) is 19.4. The van der Waals surface area contributed by atoms with Crippen molar-refractivity contribution in [1.29, 1.82) is 0 Å². The van der Waals surface area contributed by atoms with Crippen LogP contribution in [-0.2, 0) is 0 Å². The summed E-state index contributed by atoms with van der Waals surface area (Å²) in [6.07, 6.45) is 47.2. The molecule has 242 valence electrons. The molecule has 0 aromatic carbocycles. The van der Waals surface area contributed by atoms with Gasteiger partial charge in [0.1, 0.15) is 0 Å². The average Bonchev–Trinajstić information content (AvgIpc) is 3.10. The van der Waals surface area contributed by atoms with Gasteiger partial charge >= 0.3 is 0 Å². The maximum absolute atomic E-state index is 5.85. The molecule has 0 saturated heterocycles. The second kappa shape index (κ2) is 15.8. The topological polar surface area (TPSA) is 26.0 Å². The summed E-state index contributed by atoms with van der Waals surface area (Å²) < 4.78 is 0. The highest BCUT2D eigenvalue weighted by molar-refractivity contribution is 5.29. The molecule has 0 aromatic heterocycles. The quantitative estimate of drug-likeness (QED) is 0.187. The molecule has 2 saturated carbocycles. The van der Waals surface area contributed by atoms with Crippen LogP contribution >= 0.6 is 0 Å². The molecule has 9 unspecified atom stereocenters. The molecule has 0 radical (unpaired) electrons. The molecular weight excluding hydrogens is 530 g/mol. The largest absolute Gasteiger partial charge is 0.330 e. The van der Waals surface area contributed by atoms with Crippen molar-refractivity contribution in [1.82, 2.24) is 0 Å². The minimum Gasteiger partial charge on any atom is -0.330 e. The van der Waals surface area contributed by atoms with Crippen LogP contribution in [-0.4, -0.2) is 6.54 Å². The Morgan fingerprint density at radius 3 is 2.41 bits per heavy atom. The predicted octanol–water partition coefficient (Wildman–Crippen LogP) is 11.6. The maximum atomic E-state index is 5.85. The van der Waals surface area contributed by atoms with Crippen molar-refractivity contribution in [2.45, 2.75) is 122 Å². The van der Waals surface area contributed by atoms with Crippen LogP contribution in [0.2, 0.25) is 0 Å². The third-order valence-corrected chi connectivity index (χ3v) is 13.8. The Hall–Kier alpha value is -1.60. The first-order valence-corrected chi connectivity index (χ1v) is 19.4. The molecule has 1 heteroatoms. The summed E-state index contributed by atoms with van der Waals surface area (Å²) in [6, 6.07) is 0. The third kappa shape index (κ3) is 7.19. The van der Waals surface area contributed by atoms with Gasteiger partial charge in [-0.1, -0.05) is 98.6 Å². The van der Waals surface area contributed by atoms with Gasteiger partial charge in [0.05, 0.1) is 0 Å². The zero-order valence-electron chi connectivity index (χ0n) is 28.3. The first-order chi connectivity index (χ1) is 21.7. The van der Waals surface area contributed by atoms with Gasteiger partial charge in [0.2, 0.25) is 0 Å². The fourth-order valence-corrected chi connectivity index (χ4v) is 11.5. The van der Waals surface area contributed by atoms with Crippen LogP contribution in [0.15, 0.2) is 72.4 Å². The zero-order valence-corrected chi connectivity index (χ0v) is 28.3. The van der Waals surface area contributed by atoms with E-state index in [2.05, 4.69) is 61.6 Å². The highest BCUT2D eigenvalue weighted by Gasteiger charge is 2.46. The van der Waals surface area contributed by atoms with Crippen LogP contribution in [0, 0.1) is 65.1 Å². The SMILES string of the molecule is C=C(C1CCC(C2CCC(C3CC=CC=C3C3C=CCCC3)C3C=CCCC32)CC1)C1C=CCCC1C(CC)CCCCN. The molecule has 0 bridgehead atoms. The Morgan fingerprint density at radius 1 is 0.818 bits per heavy atom. The van der Waals surface area contributed by atoms with E-state index in [0.717, 1.165) is 59.8 Å². The van der Waals surface area contributed by atoms with E-state index in [4.69, 9.17) is 12.3 Å².